The van der Waals surface area contributed by atoms with Gasteiger partial charge in [-0.1, -0.05) is 37.1 Å². The van der Waals surface area contributed by atoms with E-state index in [-0.39, 0.29) is 23.8 Å². The largest absolute Gasteiger partial charge is 0.415 e. The number of carbonyl (C=O) groups excluding carboxylic acids is 3. The summed E-state index contributed by atoms with van der Waals surface area (Å²) in [6, 6.07) is 9.89. The van der Waals surface area contributed by atoms with Crippen molar-refractivity contribution in [2.45, 2.75) is 31.6 Å². The highest BCUT2D eigenvalue weighted by atomic mass is 35.5. The molecule has 2 aromatic carbocycles. The van der Waals surface area contributed by atoms with Crippen LogP contribution in [0.4, 0.5) is 10.5 Å². The van der Waals surface area contributed by atoms with Gasteiger partial charge in [0.2, 0.25) is 0 Å². The first-order valence-corrected chi connectivity index (χ1v) is 13.4. The molecule has 0 aromatic heterocycles. The number of rotatable bonds is 12. The van der Waals surface area contributed by atoms with Crippen molar-refractivity contribution in [3.63, 3.8) is 0 Å². The quantitative estimate of drug-likeness (QED) is 0.250. The van der Waals surface area contributed by atoms with Gasteiger partial charge >= 0.3 is 6.09 Å². The van der Waals surface area contributed by atoms with Gasteiger partial charge in [0.15, 0.2) is 0 Å². The third-order valence-electron chi connectivity index (χ3n) is 7.08. The number of amides is 3. The number of halogens is 1. The van der Waals surface area contributed by atoms with Gasteiger partial charge in [0, 0.05) is 74.3 Å². The van der Waals surface area contributed by atoms with Crippen molar-refractivity contribution >= 4 is 46.0 Å². The van der Waals surface area contributed by atoms with Gasteiger partial charge in [0.25, 0.3) is 11.8 Å². The zero-order valence-electron chi connectivity index (χ0n) is 21.5. The number of anilines is 1. The molecule has 1 atom stereocenters. The number of imide groups is 1. The Morgan fingerprint density at radius 2 is 1.73 bits per heavy atom. The lowest BCUT2D eigenvalue weighted by Crippen LogP contribution is -2.36. The van der Waals surface area contributed by atoms with E-state index in [9.17, 15) is 14.4 Å². The molecule has 1 N–H and O–H groups in total. The molecule has 2 aliphatic heterocycles. The molecule has 2 aromatic rings. The highest BCUT2D eigenvalue weighted by Crippen LogP contribution is 2.42. The van der Waals surface area contributed by atoms with Crippen LogP contribution in [0.15, 0.2) is 42.5 Å². The number of unbranched alkanes of at least 4 members (excludes halogenated alkanes) is 3. The SMILES string of the molecule is CN(CCCCCCN1C(=O)C=CC1=O)CCN(C)C(=O)Oc1cc2c(c3ccccc13)C(CCl)CN2. The minimum Gasteiger partial charge on any atom is -0.409 e. The van der Waals surface area contributed by atoms with E-state index in [0.29, 0.717) is 24.7 Å². The number of ether oxygens (including phenoxy) is 1. The summed E-state index contributed by atoms with van der Waals surface area (Å²) >= 11 is 6.19. The normalized spacial score (nSPS) is 16.5. The van der Waals surface area contributed by atoms with Crippen molar-refractivity contribution in [3.05, 3.63) is 48.0 Å². The molecule has 4 rings (SSSR count). The van der Waals surface area contributed by atoms with Crippen LogP contribution >= 0.6 is 11.6 Å². The molecule has 0 radical (unpaired) electrons. The Balaban J connectivity index is 1.20. The maximum atomic E-state index is 12.9. The maximum Gasteiger partial charge on any atom is 0.415 e. The first-order valence-electron chi connectivity index (χ1n) is 12.9. The van der Waals surface area contributed by atoms with Gasteiger partial charge in [-0.2, -0.15) is 0 Å². The molecule has 3 amide bonds. The van der Waals surface area contributed by atoms with Crippen molar-refractivity contribution in [3.8, 4) is 5.75 Å². The van der Waals surface area contributed by atoms with Crippen LogP contribution in [0, 0.1) is 0 Å². The van der Waals surface area contributed by atoms with Gasteiger partial charge in [0.05, 0.1) is 0 Å². The number of likely N-dealkylation sites (N-methyl/N-ethyl adjacent to an activating group) is 2. The van der Waals surface area contributed by atoms with E-state index < -0.39 is 0 Å². The highest BCUT2D eigenvalue weighted by Gasteiger charge is 2.26. The predicted molar refractivity (Wildman–Crippen MR) is 146 cm³/mol. The lowest BCUT2D eigenvalue weighted by molar-refractivity contribution is -0.136. The van der Waals surface area contributed by atoms with E-state index in [4.69, 9.17) is 16.3 Å². The molecule has 8 nitrogen and oxygen atoms in total. The van der Waals surface area contributed by atoms with Crippen molar-refractivity contribution in [2.75, 3.05) is 58.0 Å². The molecule has 198 valence electrons. The van der Waals surface area contributed by atoms with Gasteiger partial charge in [0.1, 0.15) is 5.75 Å². The Hall–Kier alpha value is -3.10. The Morgan fingerprint density at radius 1 is 1.03 bits per heavy atom. The molecule has 37 heavy (non-hydrogen) atoms. The fourth-order valence-corrected chi connectivity index (χ4v) is 5.12. The predicted octanol–water partition coefficient (Wildman–Crippen LogP) is 4.44. The number of hydrogen-bond donors (Lipinski definition) is 1. The van der Waals surface area contributed by atoms with E-state index in [2.05, 4.69) is 16.3 Å². The number of nitrogens with zero attached hydrogens (tertiary/aromatic N) is 3. The standard InChI is InChI=1S/C28H35ClN4O4/c1-31(13-7-3-4-8-14-33-25(34)11-12-26(33)35)15-16-32(2)28(36)37-24-17-23-27(20(18-29)19-30-23)22-10-6-5-9-21(22)24/h5-6,9-12,17,20,30H,3-4,7-8,13-16,18-19H2,1-2H3. The van der Waals surface area contributed by atoms with Crippen LogP contribution in [0.3, 0.4) is 0 Å². The third-order valence-corrected chi connectivity index (χ3v) is 7.45. The lowest BCUT2D eigenvalue weighted by atomic mass is 9.95. The summed E-state index contributed by atoms with van der Waals surface area (Å²) in [5, 5.41) is 5.37. The summed E-state index contributed by atoms with van der Waals surface area (Å²) in [6.45, 7) is 3.46. The Morgan fingerprint density at radius 3 is 2.46 bits per heavy atom. The number of fused-ring (bicyclic) bond motifs is 3. The van der Waals surface area contributed by atoms with Crippen LogP contribution in [0.25, 0.3) is 10.8 Å². The van der Waals surface area contributed by atoms with Gasteiger partial charge in [-0.05, 0) is 37.4 Å². The molecular weight excluding hydrogens is 492 g/mol. The molecule has 2 aliphatic rings. The Labute approximate surface area is 223 Å². The number of nitrogens with one attached hydrogen (secondary N) is 1. The molecule has 2 heterocycles. The second kappa shape index (κ2) is 12.4. The van der Waals surface area contributed by atoms with Crippen molar-refractivity contribution in [1.29, 1.82) is 0 Å². The first-order chi connectivity index (χ1) is 17.9. The van der Waals surface area contributed by atoms with Gasteiger partial charge in [-0.3, -0.25) is 14.5 Å². The maximum absolute atomic E-state index is 12.9. The van der Waals surface area contributed by atoms with Crippen LogP contribution < -0.4 is 10.1 Å². The van der Waals surface area contributed by atoms with Crippen LogP contribution in [0.1, 0.15) is 37.2 Å². The topological polar surface area (TPSA) is 82.2 Å². The van der Waals surface area contributed by atoms with E-state index in [1.54, 1.807) is 11.9 Å². The zero-order valence-corrected chi connectivity index (χ0v) is 22.3. The smallest absolute Gasteiger partial charge is 0.409 e. The van der Waals surface area contributed by atoms with Crippen molar-refractivity contribution in [1.82, 2.24) is 14.7 Å². The van der Waals surface area contributed by atoms with E-state index >= 15 is 0 Å². The lowest BCUT2D eigenvalue weighted by Gasteiger charge is -2.22. The second-order valence-corrected chi connectivity index (χ2v) is 10.1. The third kappa shape index (κ3) is 6.43. The zero-order chi connectivity index (χ0) is 26.4. The Bertz CT molecular complexity index is 1170. The van der Waals surface area contributed by atoms with Crippen molar-refractivity contribution < 1.29 is 19.1 Å². The van der Waals surface area contributed by atoms with Crippen LogP contribution in [0.5, 0.6) is 5.75 Å². The minimum absolute atomic E-state index is 0.214. The molecule has 1 unspecified atom stereocenters. The summed E-state index contributed by atoms with van der Waals surface area (Å²) in [4.78, 5) is 41.1. The van der Waals surface area contributed by atoms with Crippen molar-refractivity contribution in [2.24, 2.45) is 0 Å². The number of hydrogen-bond acceptors (Lipinski definition) is 6. The molecule has 9 heteroatoms. The first kappa shape index (κ1) is 26.9. The second-order valence-electron chi connectivity index (χ2n) is 9.78. The van der Waals surface area contributed by atoms with Gasteiger partial charge < -0.3 is 19.9 Å². The average Bonchev–Trinajstić information content (AvgIpc) is 3.46. The summed E-state index contributed by atoms with van der Waals surface area (Å²) in [7, 11) is 3.79. The molecular formula is C28H35ClN4O4. The molecule has 0 saturated heterocycles. The number of benzene rings is 2. The van der Waals surface area contributed by atoms with Crippen LogP contribution in [-0.4, -0.2) is 85.3 Å². The number of alkyl halides is 1. The van der Waals surface area contributed by atoms with Crippen LogP contribution in [-0.2, 0) is 9.59 Å². The summed E-state index contributed by atoms with van der Waals surface area (Å²) < 4.78 is 5.84. The summed E-state index contributed by atoms with van der Waals surface area (Å²) in [6.07, 6.45) is 6.09. The molecule has 0 saturated carbocycles. The average molecular weight is 527 g/mol. The molecule has 0 spiro atoms. The van der Waals surface area contributed by atoms with Crippen LogP contribution in [0.2, 0.25) is 0 Å². The number of carbonyl (C=O) groups is 3. The van der Waals surface area contributed by atoms with Gasteiger partial charge in [-0.15, -0.1) is 11.6 Å². The van der Waals surface area contributed by atoms with Gasteiger partial charge in [-0.25, -0.2) is 4.79 Å². The monoisotopic (exact) mass is 526 g/mol. The van der Waals surface area contributed by atoms with E-state index in [1.165, 1.54) is 22.6 Å². The fraction of sp³-hybridized carbons (Fsp3) is 0.464. The fourth-order valence-electron chi connectivity index (χ4n) is 4.85. The molecule has 0 aliphatic carbocycles. The molecule has 0 fully saturated rings. The summed E-state index contributed by atoms with van der Waals surface area (Å²) in [5.41, 5.74) is 2.17. The highest BCUT2D eigenvalue weighted by molar-refractivity contribution is 6.18. The molecule has 0 bridgehead atoms. The van der Waals surface area contributed by atoms with E-state index in [1.807, 2.05) is 31.3 Å². The minimum atomic E-state index is -0.383. The van der Waals surface area contributed by atoms with E-state index in [0.717, 1.165) is 61.8 Å². The summed E-state index contributed by atoms with van der Waals surface area (Å²) in [5.74, 6) is 0.898. The Kier molecular flexibility index (Phi) is 9.05.